The van der Waals surface area contributed by atoms with E-state index in [0.717, 1.165) is 0 Å². The van der Waals surface area contributed by atoms with Crippen molar-refractivity contribution in [3.05, 3.63) is 10.4 Å². The van der Waals surface area contributed by atoms with Crippen LogP contribution in [0.3, 0.4) is 0 Å². The summed E-state index contributed by atoms with van der Waals surface area (Å²) in [5, 5.41) is 22.4. The standard InChI is InChI=1S/C24H33N5O12S2/c1-22(8-2-9-26-27-25)40-12-23(13-41-22,14-42(38)10-7-20(34)35)15-43(39)24(11-21(36)37,28-16(30)3-4-17(28)31)29-18(32)5-6-19(29)33/h2-15H2,1H3,(H,34,35)(H,36,37). The van der Waals surface area contributed by atoms with Crippen molar-refractivity contribution in [3.63, 3.8) is 0 Å². The van der Waals surface area contributed by atoms with Gasteiger partial charge in [0, 0.05) is 43.6 Å². The first-order valence-corrected chi connectivity index (χ1v) is 16.2. The molecule has 0 bridgehead atoms. The van der Waals surface area contributed by atoms with Gasteiger partial charge in [-0.3, -0.25) is 28.8 Å². The summed E-state index contributed by atoms with van der Waals surface area (Å²) in [5.41, 5.74) is 7.05. The number of ether oxygens (including phenoxy) is 2. The molecule has 0 saturated carbocycles. The molecule has 4 amide bonds. The SMILES string of the molecule is CC1(CCCN=[N+]=[N-])OCC(C[S+]([O-])CCC(=O)O)(C[S+]([O-])C(CC(=O)O)(N2C(=O)CCC2=O)N2C(=O)CCC2=O)CO1. The Labute approximate surface area is 252 Å². The number of carboxylic acids is 2. The lowest BCUT2D eigenvalue weighted by Crippen LogP contribution is -2.70. The number of hydrogen-bond acceptors (Lipinski definition) is 11. The first-order valence-electron chi connectivity index (χ1n) is 13.4. The van der Waals surface area contributed by atoms with Crippen LogP contribution in [0, 0.1) is 5.41 Å². The summed E-state index contributed by atoms with van der Waals surface area (Å²) >= 11 is -4.51. The zero-order valence-corrected chi connectivity index (χ0v) is 25.1. The fourth-order valence-electron chi connectivity index (χ4n) is 5.24. The van der Waals surface area contributed by atoms with Gasteiger partial charge in [-0.05, 0) is 30.1 Å². The van der Waals surface area contributed by atoms with E-state index in [1.165, 1.54) is 0 Å². The second-order valence-electron chi connectivity index (χ2n) is 10.8. The Morgan fingerprint density at radius 3 is 1.93 bits per heavy atom. The van der Waals surface area contributed by atoms with Crippen molar-refractivity contribution in [2.24, 2.45) is 10.5 Å². The maximum atomic E-state index is 14.5. The number of carboxylic acid groups (broad SMARTS) is 2. The summed E-state index contributed by atoms with van der Waals surface area (Å²) in [6.45, 7) is 1.20. The van der Waals surface area contributed by atoms with Gasteiger partial charge in [-0.1, -0.05) is 16.3 Å². The first-order chi connectivity index (χ1) is 20.2. The van der Waals surface area contributed by atoms with Crippen LogP contribution in [0.2, 0.25) is 0 Å². The van der Waals surface area contributed by atoms with E-state index in [1.807, 2.05) is 0 Å². The van der Waals surface area contributed by atoms with Gasteiger partial charge in [0.05, 0.1) is 19.6 Å². The molecule has 0 aliphatic carbocycles. The van der Waals surface area contributed by atoms with Crippen LogP contribution in [-0.2, 0) is 60.6 Å². The molecule has 19 heteroatoms. The molecule has 2 unspecified atom stereocenters. The van der Waals surface area contributed by atoms with Gasteiger partial charge in [-0.25, -0.2) is 9.80 Å². The minimum Gasteiger partial charge on any atom is -0.616 e. The Balaban J connectivity index is 2.02. The van der Waals surface area contributed by atoms with Crippen LogP contribution in [0.1, 0.15) is 58.3 Å². The molecule has 2 atom stereocenters. The van der Waals surface area contributed by atoms with Crippen molar-refractivity contribution in [2.75, 3.05) is 37.0 Å². The molecule has 3 heterocycles. The van der Waals surface area contributed by atoms with Crippen molar-refractivity contribution in [1.82, 2.24) is 9.80 Å². The monoisotopic (exact) mass is 647 g/mol. The molecule has 0 aromatic carbocycles. The van der Waals surface area contributed by atoms with Crippen molar-refractivity contribution < 1.29 is 57.6 Å². The number of amides is 4. The quantitative estimate of drug-likeness (QED) is 0.0569. The highest BCUT2D eigenvalue weighted by Gasteiger charge is 2.66. The van der Waals surface area contributed by atoms with Gasteiger partial charge in [0.15, 0.2) is 5.79 Å². The molecule has 3 saturated heterocycles. The van der Waals surface area contributed by atoms with Gasteiger partial charge in [0.1, 0.15) is 29.1 Å². The molecule has 238 valence electrons. The third-order valence-electron chi connectivity index (χ3n) is 7.32. The summed E-state index contributed by atoms with van der Waals surface area (Å²) < 4.78 is 39.4. The lowest BCUT2D eigenvalue weighted by Gasteiger charge is -2.48. The second kappa shape index (κ2) is 14.2. The minimum atomic E-state index is -2.70. The molecule has 0 spiro atoms. The molecule has 3 rings (SSSR count). The van der Waals surface area contributed by atoms with E-state index >= 15 is 0 Å². The third kappa shape index (κ3) is 7.97. The average Bonchev–Trinajstić information content (AvgIpc) is 3.45. The number of carbonyl (C=O) groups is 6. The van der Waals surface area contributed by atoms with Gasteiger partial charge in [0.25, 0.3) is 0 Å². The van der Waals surface area contributed by atoms with Crippen LogP contribution in [0.4, 0.5) is 0 Å². The Morgan fingerprint density at radius 1 is 0.977 bits per heavy atom. The van der Waals surface area contributed by atoms with Crippen molar-refractivity contribution in [3.8, 4) is 0 Å². The van der Waals surface area contributed by atoms with E-state index in [9.17, 15) is 43.0 Å². The molecule has 0 aromatic rings. The number of carbonyl (C=O) groups excluding carboxylic acids is 4. The summed E-state index contributed by atoms with van der Waals surface area (Å²) in [6, 6.07) is 0. The zero-order valence-electron chi connectivity index (χ0n) is 23.4. The molecule has 3 aliphatic rings. The lowest BCUT2D eigenvalue weighted by atomic mass is 9.93. The maximum absolute atomic E-state index is 14.5. The van der Waals surface area contributed by atoms with Gasteiger partial charge in [-0.15, -0.1) is 0 Å². The minimum absolute atomic E-state index is 0.153. The highest BCUT2D eigenvalue weighted by molar-refractivity contribution is 7.93. The van der Waals surface area contributed by atoms with Gasteiger partial charge >= 0.3 is 16.9 Å². The lowest BCUT2D eigenvalue weighted by molar-refractivity contribution is -0.290. The third-order valence-corrected chi connectivity index (χ3v) is 11.0. The average molecular weight is 648 g/mol. The van der Waals surface area contributed by atoms with Crippen LogP contribution < -0.4 is 0 Å². The summed E-state index contributed by atoms with van der Waals surface area (Å²) in [4.78, 5) is 76.0. The molecule has 0 aromatic heterocycles. The van der Waals surface area contributed by atoms with Crippen molar-refractivity contribution in [2.45, 2.75) is 69.1 Å². The van der Waals surface area contributed by atoms with E-state index in [1.54, 1.807) is 6.92 Å². The summed E-state index contributed by atoms with van der Waals surface area (Å²) in [6.07, 6.45) is -2.41. The van der Waals surface area contributed by atoms with E-state index in [0.29, 0.717) is 16.2 Å². The number of azide groups is 1. The molecule has 3 aliphatic heterocycles. The maximum Gasteiger partial charge on any atom is 0.313 e. The van der Waals surface area contributed by atoms with Gasteiger partial charge < -0.3 is 28.8 Å². The molecule has 0 radical (unpaired) electrons. The van der Waals surface area contributed by atoms with Crippen LogP contribution in [0.15, 0.2) is 5.11 Å². The van der Waals surface area contributed by atoms with Crippen LogP contribution in [0.25, 0.3) is 10.4 Å². The largest absolute Gasteiger partial charge is 0.616 e. The summed E-state index contributed by atoms with van der Waals surface area (Å²) in [5.74, 6) is -8.91. The normalized spacial score (nSPS) is 26.0. The number of aliphatic carboxylic acids is 2. The highest BCUT2D eigenvalue weighted by atomic mass is 32.2. The molecule has 17 nitrogen and oxygen atoms in total. The first kappa shape index (κ1) is 34.6. The van der Waals surface area contributed by atoms with E-state index < -0.39 is 92.7 Å². The van der Waals surface area contributed by atoms with Crippen molar-refractivity contribution in [1.29, 1.82) is 0 Å². The van der Waals surface area contributed by atoms with Gasteiger partial charge in [0.2, 0.25) is 23.6 Å². The Morgan fingerprint density at radius 2 is 1.49 bits per heavy atom. The van der Waals surface area contributed by atoms with E-state index in [2.05, 4.69) is 10.0 Å². The molecular formula is C24H33N5O12S2. The Hall–Kier alpha value is -2.93. The van der Waals surface area contributed by atoms with E-state index in [4.69, 9.17) is 20.1 Å². The second-order valence-corrected chi connectivity index (χ2v) is 14.0. The van der Waals surface area contributed by atoms with Crippen LogP contribution in [0.5, 0.6) is 0 Å². The number of rotatable bonds is 16. The van der Waals surface area contributed by atoms with Crippen LogP contribution in [-0.4, -0.2) is 112 Å². The number of imide groups is 2. The summed E-state index contributed by atoms with van der Waals surface area (Å²) in [7, 11) is 0. The topological polar surface area (TPSA) is 263 Å². The molecular weight excluding hydrogens is 614 g/mol. The van der Waals surface area contributed by atoms with E-state index in [-0.39, 0.29) is 63.4 Å². The van der Waals surface area contributed by atoms with Crippen LogP contribution >= 0.6 is 0 Å². The Kier molecular flexibility index (Phi) is 11.4. The molecule has 2 N–H and O–H groups in total. The highest BCUT2D eigenvalue weighted by Crippen LogP contribution is 2.43. The number of hydrogen-bond donors (Lipinski definition) is 2. The predicted octanol–water partition coefficient (Wildman–Crippen LogP) is 0.225. The molecule has 3 fully saturated rings. The predicted molar refractivity (Wildman–Crippen MR) is 146 cm³/mol. The number of likely N-dealkylation sites (tertiary alicyclic amines) is 2. The fourth-order valence-corrected chi connectivity index (χ4v) is 9.03. The van der Waals surface area contributed by atoms with Crippen molar-refractivity contribution >= 4 is 57.9 Å². The smallest absolute Gasteiger partial charge is 0.313 e. The fraction of sp³-hybridized carbons (Fsp3) is 0.750. The molecule has 43 heavy (non-hydrogen) atoms. The number of nitrogens with zero attached hydrogens (tertiary/aromatic N) is 5. The Bertz CT molecular complexity index is 1120. The van der Waals surface area contributed by atoms with Gasteiger partial charge in [-0.2, -0.15) is 0 Å². The zero-order chi connectivity index (χ0) is 32.0.